The summed E-state index contributed by atoms with van der Waals surface area (Å²) in [7, 11) is 0. The van der Waals surface area contributed by atoms with Gasteiger partial charge in [0.05, 0.1) is 17.3 Å². The van der Waals surface area contributed by atoms with Crippen LogP contribution in [-0.4, -0.2) is 30.4 Å². The Balaban J connectivity index is 1.46. The van der Waals surface area contributed by atoms with E-state index >= 15 is 0 Å². The molecular formula is C23H22F3N3O. The fraction of sp³-hybridized carbons (Fsp3) is 0.391. The third kappa shape index (κ3) is 3.62. The van der Waals surface area contributed by atoms with Gasteiger partial charge in [-0.15, -0.1) is 0 Å². The molecule has 1 amide bonds. The lowest BCUT2D eigenvalue weighted by Gasteiger charge is -2.40. The largest absolute Gasteiger partial charge is 0.370 e. The first-order valence-corrected chi connectivity index (χ1v) is 10.1. The zero-order chi connectivity index (χ0) is 21.4. The van der Waals surface area contributed by atoms with Crippen molar-refractivity contribution in [1.29, 1.82) is 5.26 Å². The van der Waals surface area contributed by atoms with Gasteiger partial charge in [0, 0.05) is 31.6 Å². The maximum Gasteiger partial charge on any atom is 0.226 e. The van der Waals surface area contributed by atoms with Crippen molar-refractivity contribution in [3.8, 4) is 6.07 Å². The molecule has 0 N–H and O–H groups in total. The van der Waals surface area contributed by atoms with Crippen molar-refractivity contribution in [3.05, 3.63) is 64.5 Å². The highest BCUT2D eigenvalue weighted by atomic mass is 19.1. The maximum atomic E-state index is 14.1. The van der Waals surface area contributed by atoms with Gasteiger partial charge >= 0.3 is 0 Å². The Hall–Kier alpha value is -3.01. The van der Waals surface area contributed by atoms with Crippen molar-refractivity contribution in [2.45, 2.75) is 32.2 Å². The molecule has 30 heavy (non-hydrogen) atoms. The second-order valence-corrected chi connectivity index (χ2v) is 7.95. The van der Waals surface area contributed by atoms with Gasteiger partial charge in [0.15, 0.2) is 0 Å². The highest BCUT2D eigenvalue weighted by Crippen LogP contribution is 2.35. The van der Waals surface area contributed by atoms with Crippen LogP contribution in [-0.2, 0) is 11.2 Å². The SMILES string of the molecule is CC1c2cc(F)cc(F)c2CCN1C(=O)C1CCN(c2ccc(F)cc2C#N)CC1. The van der Waals surface area contributed by atoms with E-state index in [9.17, 15) is 23.2 Å². The molecule has 2 heterocycles. The van der Waals surface area contributed by atoms with Gasteiger partial charge in [0.1, 0.15) is 23.5 Å². The van der Waals surface area contributed by atoms with E-state index in [0.29, 0.717) is 55.7 Å². The number of halogens is 3. The minimum atomic E-state index is -0.631. The van der Waals surface area contributed by atoms with E-state index in [-0.39, 0.29) is 23.4 Å². The smallest absolute Gasteiger partial charge is 0.226 e. The van der Waals surface area contributed by atoms with Crippen molar-refractivity contribution in [3.63, 3.8) is 0 Å². The molecule has 1 atom stereocenters. The van der Waals surface area contributed by atoms with Crippen LogP contribution < -0.4 is 4.90 Å². The lowest BCUT2D eigenvalue weighted by atomic mass is 9.89. The monoisotopic (exact) mass is 413 g/mol. The normalized spacial score (nSPS) is 19.4. The lowest BCUT2D eigenvalue weighted by Crippen LogP contribution is -2.46. The second-order valence-electron chi connectivity index (χ2n) is 7.95. The minimum absolute atomic E-state index is 0.00270. The standard InChI is InChI=1S/C23H22F3N3O/c1-14-20-11-18(25)12-21(26)19(20)6-9-29(14)23(30)15-4-7-28(8-5-15)22-3-2-17(24)10-16(22)13-27/h2-3,10-12,14-15H,4-9H2,1H3. The molecule has 4 nitrogen and oxygen atoms in total. The fourth-order valence-electron chi connectivity index (χ4n) is 4.63. The van der Waals surface area contributed by atoms with Crippen LogP contribution in [0.4, 0.5) is 18.9 Å². The molecule has 0 bridgehead atoms. The number of carbonyl (C=O) groups excluding carboxylic acids is 1. The lowest BCUT2D eigenvalue weighted by molar-refractivity contribution is -0.138. The molecule has 7 heteroatoms. The molecule has 1 fully saturated rings. The minimum Gasteiger partial charge on any atom is -0.370 e. The Labute approximate surface area is 173 Å². The summed E-state index contributed by atoms with van der Waals surface area (Å²) in [4.78, 5) is 16.9. The first-order valence-electron chi connectivity index (χ1n) is 10.1. The number of hydrogen-bond donors (Lipinski definition) is 0. The molecule has 4 rings (SSSR count). The van der Waals surface area contributed by atoms with Gasteiger partial charge in [-0.1, -0.05) is 0 Å². The molecule has 2 aromatic carbocycles. The van der Waals surface area contributed by atoms with Gasteiger partial charge in [0.2, 0.25) is 5.91 Å². The molecule has 0 saturated carbocycles. The van der Waals surface area contributed by atoms with Crippen molar-refractivity contribution < 1.29 is 18.0 Å². The molecule has 2 aromatic rings. The summed E-state index contributed by atoms with van der Waals surface area (Å²) in [5.41, 5.74) is 1.98. The van der Waals surface area contributed by atoms with E-state index < -0.39 is 17.5 Å². The quantitative estimate of drug-likeness (QED) is 0.736. The summed E-state index contributed by atoms with van der Waals surface area (Å²) in [6.45, 7) is 3.38. The molecule has 0 aromatic heterocycles. The number of nitriles is 1. The number of rotatable bonds is 2. The predicted molar refractivity (Wildman–Crippen MR) is 106 cm³/mol. The Bertz CT molecular complexity index is 1030. The molecule has 0 spiro atoms. The van der Waals surface area contributed by atoms with Gasteiger partial charge in [0.25, 0.3) is 0 Å². The topological polar surface area (TPSA) is 47.3 Å². The Morgan fingerprint density at radius 1 is 1.07 bits per heavy atom. The number of fused-ring (bicyclic) bond motifs is 1. The highest BCUT2D eigenvalue weighted by Gasteiger charge is 2.35. The predicted octanol–water partition coefficient (Wildman–Crippen LogP) is 4.34. The summed E-state index contributed by atoms with van der Waals surface area (Å²) < 4.78 is 41.2. The second kappa shape index (κ2) is 8.02. The van der Waals surface area contributed by atoms with Crippen molar-refractivity contribution in [2.75, 3.05) is 24.5 Å². The number of amides is 1. The number of anilines is 1. The number of nitrogens with zero attached hydrogens (tertiary/aromatic N) is 3. The summed E-state index contributed by atoms with van der Waals surface area (Å²) in [5.74, 6) is -1.82. The van der Waals surface area contributed by atoms with Crippen LogP contribution in [0.1, 0.15) is 42.5 Å². The molecule has 0 aliphatic carbocycles. The summed E-state index contributed by atoms with van der Waals surface area (Å²) in [6, 6.07) is 8.01. The Morgan fingerprint density at radius 2 is 1.80 bits per heavy atom. The molecular weight excluding hydrogens is 391 g/mol. The van der Waals surface area contributed by atoms with Crippen molar-refractivity contribution in [2.24, 2.45) is 5.92 Å². The van der Waals surface area contributed by atoms with Crippen LogP contribution in [0.5, 0.6) is 0 Å². The van der Waals surface area contributed by atoms with Crippen LogP contribution >= 0.6 is 0 Å². The van der Waals surface area contributed by atoms with E-state index in [2.05, 4.69) is 0 Å². The third-order valence-electron chi connectivity index (χ3n) is 6.26. The van der Waals surface area contributed by atoms with Gasteiger partial charge in [-0.05, 0) is 61.6 Å². The molecule has 2 aliphatic rings. The zero-order valence-electron chi connectivity index (χ0n) is 16.7. The first kappa shape index (κ1) is 20.3. The number of carbonyl (C=O) groups is 1. The van der Waals surface area contributed by atoms with Crippen molar-refractivity contribution >= 4 is 11.6 Å². The van der Waals surface area contributed by atoms with E-state index in [1.54, 1.807) is 11.0 Å². The molecule has 1 unspecified atom stereocenters. The Morgan fingerprint density at radius 3 is 2.50 bits per heavy atom. The van der Waals surface area contributed by atoms with Crippen LogP contribution in [0.15, 0.2) is 30.3 Å². The zero-order valence-corrected chi connectivity index (χ0v) is 16.7. The van der Waals surface area contributed by atoms with Crippen LogP contribution in [0.3, 0.4) is 0 Å². The van der Waals surface area contributed by atoms with E-state index in [1.807, 2.05) is 17.9 Å². The summed E-state index contributed by atoms with van der Waals surface area (Å²) >= 11 is 0. The Kier molecular flexibility index (Phi) is 5.42. The van der Waals surface area contributed by atoms with E-state index in [0.717, 1.165) is 6.07 Å². The van der Waals surface area contributed by atoms with Gasteiger partial charge in [-0.25, -0.2) is 13.2 Å². The molecule has 0 radical (unpaired) electrons. The van der Waals surface area contributed by atoms with E-state index in [1.165, 1.54) is 18.2 Å². The van der Waals surface area contributed by atoms with E-state index in [4.69, 9.17) is 0 Å². The van der Waals surface area contributed by atoms with Gasteiger partial charge < -0.3 is 9.80 Å². The molecule has 1 saturated heterocycles. The van der Waals surface area contributed by atoms with Crippen LogP contribution in [0, 0.1) is 34.7 Å². The third-order valence-corrected chi connectivity index (χ3v) is 6.26. The van der Waals surface area contributed by atoms with Gasteiger partial charge in [-0.3, -0.25) is 4.79 Å². The number of benzene rings is 2. The average molecular weight is 413 g/mol. The number of hydrogen-bond acceptors (Lipinski definition) is 3. The fourth-order valence-corrected chi connectivity index (χ4v) is 4.63. The molecule has 2 aliphatic heterocycles. The van der Waals surface area contributed by atoms with Crippen molar-refractivity contribution in [1.82, 2.24) is 4.90 Å². The maximum absolute atomic E-state index is 14.1. The first-order chi connectivity index (χ1) is 14.4. The average Bonchev–Trinajstić information content (AvgIpc) is 2.74. The summed E-state index contributed by atoms with van der Waals surface area (Å²) in [5, 5.41) is 9.27. The number of piperidine rings is 1. The van der Waals surface area contributed by atoms with Gasteiger partial charge in [-0.2, -0.15) is 5.26 Å². The summed E-state index contributed by atoms with van der Waals surface area (Å²) in [6.07, 6.45) is 1.58. The van der Waals surface area contributed by atoms with Crippen LogP contribution in [0.25, 0.3) is 0 Å². The molecule has 156 valence electrons. The van der Waals surface area contributed by atoms with Crippen LogP contribution in [0.2, 0.25) is 0 Å². The highest BCUT2D eigenvalue weighted by molar-refractivity contribution is 5.80.